The standard InChI is InChI=1S/C30H32N2O3/c1-7-16-34-23-12-9-21(10-13-23)29-26-17-20(18-28(33)35-30(2,3)4)8-14-24(26)25-15-11-22(31-5)19-27(25)32(29)6/h1,8-15,17,19,29,31H,16,18H2,2-6H3. The maximum absolute atomic E-state index is 12.5. The van der Waals surface area contributed by atoms with E-state index in [0.717, 1.165) is 44.9 Å². The predicted octanol–water partition coefficient (Wildman–Crippen LogP) is 5.83. The van der Waals surface area contributed by atoms with Gasteiger partial charge in [0.25, 0.3) is 0 Å². The SMILES string of the molecule is C#CCOc1ccc(C2c3cc(CC(=O)OC(C)(C)C)ccc3-c3ccc(NC)cc3N2C)cc1. The van der Waals surface area contributed by atoms with Gasteiger partial charge in [-0.3, -0.25) is 4.79 Å². The highest BCUT2D eigenvalue weighted by molar-refractivity contribution is 5.88. The second-order valence-corrected chi connectivity index (χ2v) is 9.74. The van der Waals surface area contributed by atoms with Crippen molar-refractivity contribution >= 4 is 17.3 Å². The molecular weight excluding hydrogens is 436 g/mol. The summed E-state index contributed by atoms with van der Waals surface area (Å²) < 4.78 is 11.1. The summed E-state index contributed by atoms with van der Waals surface area (Å²) in [6.07, 6.45) is 5.55. The van der Waals surface area contributed by atoms with Gasteiger partial charge in [0, 0.05) is 31.0 Å². The Morgan fingerprint density at radius 1 is 1.06 bits per heavy atom. The number of terminal acetylenes is 1. The molecule has 1 atom stereocenters. The van der Waals surface area contributed by atoms with Crippen molar-refractivity contribution in [1.29, 1.82) is 0 Å². The Hall–Kier alpha value is -3.91. The maximum atomic E-state index is 12.5. The minimum atomic E-state index is -0.513. The van der Waals surface area contributed by atoms with E-state index in [4.69, 9.17) is 15.9 Å². The first-order valence-corrected chi connectivity index (χ1v) is 11.8. The zero-order valence-corrected chi connectivity index (χ0v) is 21.0. The normalized spacial score (nSPS) is 14.4. The lowest BCUT2D eigenvalue weighted by atomic mass is 9.84. The highest BCUT2D eigenvalue weighted by Gasteiger charge is 2.31. The fraction of sp³-hybridized carbons (Fsp3) is 0.300. The van der Waals surface area contributed by atoms with Crippen LogP contribution in [0.2, 0.25) is 0 Å². The molecule has 1 aliphatic heterocycles. The molecule has 0 saturated carbocycles. The minimum absolute atomic E-state index is 0.0372. The number of hydrogen-bond donors (Lipinski definition) is 1. The minimum Gasteiger partial charge on any atom is -0.481 e. The molecule has 0 bridgehead atoms. The molecule has 0 aliphatic carbocycles. The fourth-order valence-corrected chi connectivity index (χ4v) is 4.57. The van der Waals surface area contributed by atoms with Gasteiger partial charge in [0.1, 0.15) is 18.0 Å². The lowest BCUT2D eigenvalue weighted by Crippen LogP contribution is -2.29. The number of nitrogens with zero attached hydrogens (tertiary/aromatic N) is 1. The predicted molar refractivity (Wildman–Crippen MR) is 142 cm³/mol. The molecule has 0 amide bonds. The summed E-state index contributed by atoms with van der Waals surface area (Å²) in [5.74, 6) is 3.01. The number of nitrogens with one attached hydrogen (secondary N) is 1. The Kier molecular flexibility index (Phi) is 6.75. The first-order chi connectivity index (χ1) is 16.7. The van der Waals surface area contributed by atoms with Crippen molar-refractivity contribution in [3.05, 3.63) is 77.4 Å². The van der Waals surface area contributed by atoms with Crippen LogP contribution in [-0.2, 0) is 16.0 Å². The maximum Gasteiger partial charge on any atom is 0.310 e. The molecule has 3 aromatic rings. The number of carbonyl (C=O) groups is 1. The van der Waals surface area contributed by atoms with Crippen molar-refractivity contribution < 1.29 is 14.3 Å². The third-order valence-corrected chi connectivity index (χ3v) is 6.04. The van der Waals surface area contributed by atoms with E-state index in [1.165, 1.54) is 0 Å². The number of esters is 1. The number of fused-ring (bicyclic) bond motifs is 3. The van der Waals surface area contributed by atoms with Crippen LogP contribution in [0, 0.1) is 12.3 Å². The summed E-state index contributed by atoms with van der Waals surface area (Å²) in [7, 11) is 4.03. The van der Waals surface area contributed by atoms with Crippen LogP contribution in [0.15, 0.2) is 60.7 Å². The van der Waals surface area contributed by atoms with Gasteiger partial charge in [-0.1, -0.05) is 42.3 Å². The van der Waals surface area contributed by atoms with E-state index in [0.29, 0.717) is 0 Å². The average Bonchev–Trinajstić information content (AvgIpc) is 2.82. The molecule has 0 saturated heterocycles. The molecule has 1 N–H and O–H groups in total. The van der Waals surface area contributed by atoms with E-state index in [1.54, 1.807) is 0 Å². The van der Waals surface area contributed by atoms with Crippen LogP contribution in [0.1, 0.15) is 43.5 Å². The molecule has 0 aromatic heterocycles. The zero-order valence-electron chi connectivity index (χ0n) is 21.0. The molecule has 180 valence electrons. The van der Waals surface area contributed by atoms with E-state index in [9.17, 15) is 4.79 Å². The molecule has 0 spiro atoms. The van der Waals surface area contributed by atoms with E-state index < -0.39 is 5.60 Å². The van der Waals surface area contributed by atoms with Crippen molar-refractivity contribution in [3.63, 3.8) is 0 Å². The average molecular weight is 469 g/mol. The molecule has 5 heteroatoms. The van der Waals surface area contributed by atoms with E-state index in [2.05, 4.69) is 65.6 Å². The molecule has 4 rings (SSSR count). The fourth-order valence-electron chi connectivity index (χ4n) is 4.57. The molecule has 1 heterocycles. The lowest BCUT2D eigenvalue weighted by Gasteiger charge is -2.38. The van der Waals surface area contributed by atoms with Crippen LogP contribution < -0.4 is 15.0 Å². The highest BCUT2D eigenvalue weighted by atomic mass is 16.6. The van der Waals surface area contributed by atoms with Crippen LogP contribution in [-0.4, -0.2) is 32.3 Å². The van der Waals surface area contributed by atoms with Gasteiger partial charge in [0.15, 0.2) is 0 Å². The second kappa shape index (κ2) is 9.76. The van der Waals surface area contributed by atoms with Crippen LogP contribution in [0.3, 0.4) is 0 Å². The van der Waals surface area contributed by atoms with E-state index in [-0.39, 0.29) is 25.0 Å². The van der Waals surface area contributed by atoms with E-state index in [1.807, 2.05) is 46.0 Å². The number of anilines is 2. The van der Waals surface area contributed by atoms with Gasteiger partial charge in [0.2, 0.25) is 0 Å². The van der Waals surface area contributed by atoms with E-state index >= 15 is 0 Å². The van der Waals surface area contributed by atoms with Crippen molar-refractivity contribution in [2.75, 3.05) is 30.9 Å². The molecular formula is C30H32N2O3. The monoisotopic (exact) mass is 468 g/mol. The Labute approximate surface area is 208 Å². The number of ether oxygens (including phenoxy) is 2. The largest absolute Gasteiger partial charge is 0.481 e. The molecule has 1 aliphatic rings. The number of rotatable bonds is 6. The summed E-state index contributed by atoms with van der Waals surface area (Å²) in [6.45, 7) is 5.89. The van der Waals surface area contributed by atoms with Gasteiger partial charge in [0.05, 0.1) is 12.5 Å². The van der Waals surface area contributed by atoms with Gasteiger partial charge in [-0.2, -0.15) is 0 Å². The lowest BCUT2D eigenvalue weighted by molar-refractivity contribution is -0.153. The van der Waals surface area contributed by atoms with Gasteiger partial charge < -0.3 is 19.7 Å². The first-order valence-electron chi connectivity index (χ1n) is 11.8. The van der Waals surface area contributed by atoms with Crippen molar-refractivity contribution in [3.8, 4) is 29.2 Å². The van der Waals surface area contributed by atoms with Crippen molar-refractivity contribution in [2.45, 2.75) is 38.8 Å². The smallest absolute Gasteiger partial charge is 0.310 e. The molecule has 1 unspecified atom stereocenters. The summed E-state index contributed by atoms with van der Waals surface area (Å²) in [4.78, 5) is 14.8. The van der Waals surface area contributed by atoms with Crippen molar-refractivity contribution in [1.82, 2.24) is 0 Å². The van der Waals surface area contributed by atoms with Crippen LogP contribution in [0.25, 0.3) is 11.1 Å². The Morgan fingerprint density at radius 2 is 1.77 bits per heavy atom. The van der Waals surface area contributed by atoms with Crippen LogP contribution >= 0.6 is 0 Å². The Balaban J connectivity index is 1.78. The summed E-state index contributed by atoms with van der Waals surface area (Å²) >= 11 is 0. The molecule has 5 nitrogen and oxygen atoms in total. The third kappa shape index (κ3) is 5.27. The van der Waals surface area contributed by atoms with Gasteiger partial charge in [-0.05, 0) is 67.3 Å². The molecule has 35 heavy (non-hydrogen) atoms. The summed E-state index contributed by atoms with van der Waals surface area (Å²) in [5.41, 5.74) is 7.20. The Morgan fingerprint density at radius 3 is 2.43 bits per heavy atom. The quantitative estimate of drug-likeness (QED) is 0.364. The molecule has 3 aromatic carbocycles. The topological polar surface area (TPSA) is 50.8 Å². The molecule has 0 radical (unpaired) electrons. The van der Waals surface area contributed by atoms with Gasteiger partial charge in [-0.15, -0.1) is 6.42 Å². The zero-order chi connectivity index (χ0) is 25.2. The van der Waals surface area contributed by atoms with Crippen LogP contribution in [0.4, 0.5) is 11.4 Å². The number of benzene rings is 3. The van der Waals surface area contributed by atoms with Gasteiger partial charge >= 0.3 is 5.97 Å². The van der Waals surface area contributed by atoms with Crippen LogP contribution in [0.5, 0.6) is 5.75 Å². The number of hydrogen-bond acceptors (Lipinski definition) is 5. The first kappa shape index (κ1) is 24.2. The van der Waals surface area contributed by atoms with Gasteiger partial charge in [-0.25, -0.2) is 0 Å². The summed E-state index contributed by atoms with van der Waals surface area (Å²) in [5, 5.41) is 3.24. The number of carbonyl (C=O) groups excluding carboxylic acids is 1. The van der Waals surface area contributed by atoms with Crippen molar-refractivity contribution in [2.24, 2.45) is 0 Å². The highest BCUT2D eigenvalue weighted by Crippen LogP contribution is 2.47. The molecule has 0 fully saturated rings. The third-order valence-electron chi connectivity index (χ3n) is 6.04. The Bertz CT molecular complexity index is 1270. The summed E-state index contributed by atoms with van der Waals surface area (Å²) in [6, 6.07) is 20.7. The second-order valence-electron chi connectivity index (χ2n) is 9.74.